The van der Waals surface area contributed by atoms with Crippen molar-refractivity contribution in [2.75, 3.05) is 31.7 Å². The van der Waals surface area contributed by atoms with Gasteiger partial charge >= 0.3 is 0 Å². The fourth-order valence-electron chi connectivity index (χ4n) is 1.94. The Balaban J connectivity index is 1.90. The molecule has 6 heteroatoms. The summed E-state index contributed by atoms with van der Waals surface area (Å²) in [6.07, 6.45) is 2.56. The van der Waals surface area contributed by atoms with E-state index in [4.69, 9.17) is 5.73 Å². The lowest BCUT2D eigenvalue weighted by atomic mass is 10.1. The highest BCUT2D eigenvalue weighted by molar-refractivity contribution is 5.95. The maximum atomic E-state index is 11.9. The van der Waals surface area contributed by atoms with Crippen LogP contribution in [-0.2, 0) is 4.79 Å². The summed E-state index contributed by atoms with van der Waals surface area (Å²) in [5, 5.41) is 6.04. The molecule has 0 aliphatic heterocycles. The molecule has 0 unspecified atom stereocenters. The fourth-order valence-corrected chi connectivity index (χ4v) is 1.94. The van der Waals surface area contributed by atoms with Gasteiger partial charge in [-0.25, -0.2) is 0 Å². The molecule has 4 N–H and O–H groups in total. The van der Waals surface area contributed by atoms with Gasteiger partial charge in [0.15, 0.2) is 0 Å². The van der Waals surface area contributed by atoms with Crippen LogP contribution in [0.1, 0.15) is 29.6 Å². The van der Waals surface area contributed by atoms with Crippen LogP contribution in [0.3, 0.4) is 0 Å². The number of nitrogens with two attached hydrogens (primary N) is 1. The highest BCUT2D eigenvalue weighted by atomic mass is 16.2. The number of hydrogen-bond donors (Lipinski definition) is 3. The molecule has 1 aromatic rings. The van der Waals surface area contributed by atoms with E-state index in [1.165, 1.54) is 4.90 Å². The van der Waals surface area contributed by atoms with E-state index in [0.29, 0.717) is 35.9 Å². The number of rotatable bonds is 6. The number of amides is 2. The third kappa shape index (κ3) is 4.37. The van der Waals surface area contributed by atoms with Gasteiger partial charge in [-0.3, -0.25) is 9.59 Å². The number of carbonyl (C=O) groups is 2. The Morgan fingerprint density at radius 1 is 1.33 bits per heavy atom. The van der Waals surface area contributed by atoms with Crippen LogP contribution >= 0.6 is 0 Å². The van der Waals surface area contributed by atoms with Crippen LogP contribution in [0.2, 0.25) is 0 Å². The molecule has 21 heavy (non-hydrogen) atoms. The minimum atomic E-state index is -0.0791. The van der Waals surface area contributed by atoms with Gasteiger partial charge in [-0.1, -0.05) is 0 Å². The summed E-state index contributed by atoms with van der Waals surface area (Å²) in [6, 6.07) is 5.49. The summed E-state index contributed by atoms with van der Waals surface area (Å²) in [5.74, 6) is -0.0337. The molecule has 0 bridgehead atoms. The van der Waals surface area contributed by atoms with Gasteiger partial charge in [0.05, 0.1) is 11.4 Å². The Morgan fingerprint density at radius 2 is 2.05 bits per heavy atom. The molecule has 2 amide bonds. The number of nitrogen functional groups attached to an aromatic ring is 1. The second kappa shape index (κ2) is 6.47. The van der Waals surface area contributed by atoms with Crippen molar-refractivity contribution in [3.8, 4) is 0 Å². The number of nitrogens with zero attached hydrogens (tertiary/aromatic N) is 1. The SMILES string of the molecule is CN(C)C(=O)c1ccc(N)c(NCCC(=O)NC2CC2)c1. The first kappa shape index (κ1) is 15.2. The molecular weight excluding hydrogens is 268 g/mol. The van der Waals surface area contributed by atoms with Crippen molar-refractivity contribution in [3.63, 3.8) is 0 Å². The van der Waals surface area contributed by atoms with Crippen LogP contribution in [0.4, 0.5) is 11.4 Å². The molecule has 1 fully saturated rings. The Bertz CT molecular complexity index is 538. The predicted octanol–water partition coefficient (Wildman–Crippen LogP) is 1.05. The molecule has 2 rings (SSSR count). The molecule has 1 aliphatic rings. The van der Waals surface area contributed by atoms with Gasteiger partial charge in [-0.2, -0.15) is 0 Å². The second-order valence-corrected chi connectivity index (χ2v) is 5.52. The van der Waals surface area contributed by atoms with Crippen molar-refractivity contribution in [2.45, 2.75) is 25.3 Å². The second-order valence-electron chi connectivity index (χ2n) is 5.52. The van der Waals surface area contributed by atoms with E-state index >= 15 is 0 Å². The van der Waals surface area contributed by atoms with Crippen LogP contribution < -0.4 is 16.4 Å². The first-order chi connectivity index (χ1) is 9.97. The molecule has 1 saturated carbocycles. The molecule has 114 valence electrons. The zero-order chi connectivity index (χ0) is 15.4. The highest BCUT2D eigenvalue weighted by Crippen LogP contribution is 2.21. The number of nitrogens with one attached hydrogen (secondary N) is 2. The van der Waals surface area contributed by atoms with Gasteiger partial charge in [-0.15, -0.1) is 0 Å². The molecule has 1 aliphatic carbocycles. The molecule has 0 atom stereocenters. The van der Waals surface area contributed by atoms with Crippen LogP contribution in [0.15, 0.2) is 18.2 Å². The van der Waals surface area contributed by atoms with Gasteiger partial charge < -0.3 is 21.3 Å². The van der Waals surface area contributed by atoms with Crippen molar-refractivity contribution in [1.82, 2.24) is 10.2 Å². The quantitative estimate of drug-likeness (QED) is 0.683. The van der Waals surface area contributed by atoms with Crippen LogP contribution in [0, 0.1) is 0 Å². The number of benzene rings is 1. The summed E-state index contributed by atoms with van der Waals surface area (Å²) < 4.78 is 0. The lowest BCUT2D eigenvalue weighted by Crippen LogP contribution is -2.27. The summed E-state index contributed by atoms with van der Waals surface area (Å²) in [4.78, 5) is 25.0. The number of hydrogen-bond acceptors (Lipinski definition) is 4. The smallest absolute Gasteiger partial charge is 0.253 e. The molecular formula is C15H22N4O2. The van der Waals surface area contributed by atoms with Crippen molar-refractivity contribution < 1.29 is 9.59 Å². The third-order valence-electron chi connectivity index (χ3n) is 3.32. The zero-order valence-corrected chi connectivity index (χ0v) is 12.5. The Morgan fingerprint density at radius 3 is 2.67 bits per heavy atom. The zero-order valence-electron chi connectivity index (χ0n) is 12.5. The highest BCUT2D eigenvalue weighted by Gasteiger charge is 2.22. The molecule has 6 nitrogen and oxygen atoms in total. The molecule has 0 aromatic heterocycles. The summed E-state index contributed by atoms with van der Waals surface area (Å²) in [7, 11) is 3.40. The topological polar surface area (TPSA) is 87.5 Å². The van der Waals surface area contributed by atoms with Gasteiger partial charge in [0.2, 0.25) is 5.91 Å². The van der Waals surface area contributed by atoms with Crippen molar-refractivity contribution >= 4 is 23.2 Å². The Hall–Kier alpha value is -2.24. The summed E-state index contributed by atoms with van der Waals surface area (Å²) in [6.45, 7) is 0.488. The fraction of sp³-hybridized carbons (Fsp3) is 0.467. The summed E-state index contributed by atoms with van der Waals surface area (Å²) in [5.41, 5.74) is 7.70. The maximum Gasteiger partial charge on any atom is 0.253 e. The molecule has 0 spiro atoms. The van der Waals surface area contributed by atoms with E-state index in [9.17, 15) is 9.59 Å². The van der Waals surface area contributed by atoms with Gasteiger partial charge in [0, 0.05) is 38.7 Å². The van der Waals surface area contributed by atoms with E-state index < -0.39 is 0 Å². The van der Waals surface area contributed by atoms with Crippen LogP contribution in [0.25, 0.3) is 0 Å². The lowest BCUT2D eigenvalue weighted by molar-refractivity contribution is -0.120. The minimum absolute atomic E-state index is 0.0455. The van der Waals surface area contributed by atoms with E-state index in [1.807, 2.05) is 0 Å². The van der Waals surface area contributed by atoms with Gasteiger partial charge in [-0.05, 0) is 31.0 Å². The standard InChI is InChI=1S/C15H22N4O2/c1-19(2)15(21)10-3-6-12(16)13(9-10)17-8-7-14(20)18-11-4-5-11/h3,6,9,11,17H,4-5,7-8,16H2,1-2H3,(H,18,20). The maximum absolute atomic E-state index is 11.9. The molecule has 1 aromatic carbocycles. The minimum Gasteiger partial charge on any atom is -0.397 e. The van der Waals surface area contributed by atoms with Gasteiger partial charge in [0.25, 0.3) is 5.91 Å². The first-order valence-electron chi connectivity index (χ1n) is 7.12. The predicted molar refractivity (Wildman–Crippen MR) is 83.1 cm³/mol. The Labute approximate surface area is 124 Å². The normalized spacial score (nSPS) is 13.6. The van der Waals surface area contributed by atoms with Crippen molar-refractivity contribution in [3.05, 3.63) is 23.8 Å². The Kier molecular flexibility index (Phi) is 4.67. The first-order valence-corrected chi connectivity index (χ1v) is 7.12. The van der Waals surface area contributed by atoms with Crippen LogP contribution in [0.5, 0.6) is 0 Å². The largest absolute Gasteiger partial charge is 0.397 e. The average molecular weight is 290 g/mol. The van der Waals surface area contributed by atoms with Crippen molar-refractivity contribution in [2.24, 2.45) is 0 Å². The number of carbonyl (C=O) groups excluding carboxylic acids is 2. The molecule has 0 saturated heterocycles. The average Bonchev–Trinajstić information content (AvgIpc) is 3.23. The van der Waals surface area contributed by atoms with Crippen molar-refractivity contribution in [1.29, 1.82) is 0 Å². The van der Waals surface area contributed by atoms with E-state index in [-0.39, 0.29) is 11.8 Å². The monoisotopic (exact) mass is 290 g/mol. The molecule has 0 heterocycles. The number of anilines is 2. The van der Waals surface area contributed by atoms with E-state index in [1.54, 1.807) is 32.3 Å². The van der Waals surface area contributed by atoms with E-state index in [2.05, 4.69) is 10.6 Å². The lowest BCUT2D eigenvalue weighted by Gasteiger charge is -2.14. The summed E-state index contributed by atoms with van der Waals surface area (Å²) >= 11 is 0. The molecule has 0 radical (unpaired) electrons. The van der Waals surface area contributed by atoms with E-state index in [0.717, 1.165) is 12.8 Å². The van der Waals surface area contributed by atoms with Gasteiger partial charge in [0.1, 0.15) is 0 Å². The third-order valence-corrected chi connectivity index (χ3v) is 3.32. The van der Waals surface area contributed by atoms with Crippen LogP contribution in [-0.4, -0.2) is 43.4 Å².